The normalized spacial score (nSPS) is 15.8. The number of hydrogen-bond donors (Lipinski definition) is 1. The Balaban J connectivity index is 1.44. The standard InChI is InChI=1S/C21H19BrN4O3S/c1-29-16-10-6-13(7-11-16)19-24-25-21(30-19)23-18(27)17-3-2-12-26(17)20(28)14-4-8-15(22)9-5-14/h4-11,17H,2-3,12H2,1H3,(H,23,25,27). The van der Waals surface area contributed by atoms with Crippen molar-refractivity contribution in [2.24, 2.45) is 0 Å². The molecule has 0 aliphatic carbocycles. The molecule has 2 amide bonds. The number of carbonyl (C=O) groups excluding carboxylic acids is 2. The van der Waals surface area contributed by atoms with E-state index in [1.165, 1.54) is 11.3 Å². The van der Waals surface area contributed by atoms with Gasteiger partial charge >= 0.3 is 0 Å². The third kappa shape index (κ3) is 4.36. The van der Waals surface area contributed by atoms with Gasteiger partial charge in [0.25, 0.3) is 5.91 Å². The van der Waals surface area contributed by atoms with Gasteiger partial charge in [-0.1, -0.05) is 27.3 Å². The first-order chi connectivity index (χ1) is 14.5. The molecular weight excluding hydrogens is 468 g/mol. The molecule has 1 unspecified atom stereocenters. The summed E-state index contributed by atoms with van der Waals surface area (Å²) >= 11 is 4.66. The number of benzene rings is 2. The molecule has 4 rings (SSSR count). The maximum absolute atomic E-state index is 12.9. The summed E-state index contributed by atoms with van der Waals surface area (Å²) in [5, 5.41) is 12.2. The van der Waals surface area contributed by atoms with Crippen molar-refractivity contribution in [2.75, 3.05) is 19.0 Å². The molecule has 1 aromatic heterocycles. The van der Waals surface area contributed by atoms with Crippen LogP contribution in [0.25, 0.3) is 10.6 Å². The number of nitrogens with one attached hydrogen (secondary N) is 1. The number of aromatic nitrogens is 2. The van der Waals surface area contributed by atoms with Crippen LogP contribution in [0.1, 0.15) is 23.2 Å². The van der Waals surface area contributed by atoms with E-state index in [0.717, 1.165) is 22.2 Å². The topological polar surface area (TPSA) is 84.4 Å². The summed E-state index contributed by atoms with van der Waals surface area (Å²) in [5.74, 6) is 0.375. The Labute approximate surface area is 186 Å². The zero-order valence-corrected chi connectivity index (χ0v) is 18.6. The van der Waals surface area contributed by atoms with Crippen molar-refractivity contribution < 1.29 is 14.3 Å². The summed E-state index contributed by atoms with van der Waals surface area (Å²) in [6, 6.07) is 14.1. The molecule has 7 nitrogen and oxygen atoms in total. The number of ether oxygens (including phenoxy) is 1. The van der Waals surface area contributed by atoms with Crippen molar-refractivity contribution >= 4 is 44.2 Å². The lowest BCUT2D eigenvalue weighted by Gasteiger charge is -2.23. The van der Waals surface area contributed by atoms with Gasteiger partial charge in [0.05, 0.1) is 7.11 Å². The van der Waals surface area contributed by atoms with Crippen LogP contribution in [0.3, 0.4) is 0 Å². The van der Waals surface area contributed by atoms with Crippen molar-refractivity contribution in [3.05, 3.63) is 58.6 Å². The maximum Gasteiger partial charge on any atom is 0.254 e. The van der Waals surface area contributed by atoms with E-state index in [9.17, 15) is 9.59 Å². The molecule has 1 aliphatic rings. The molecule has 0 spiro atoms. The van der Waals surface area contributed by atoms with Gasteiger partial charge in [0, 0.05) is 22.1 Å². The van der Waals surface area contributed by atoms with Gasteiger partial charge in [0.1, 0.15) is 16.8 Å². The highest BCUT2D eigenvalue weighted by molar-refractivity contribution is 9.10. The van der Waals surface area contributed by atoms with Crippen LogP contribution in [0.5, 0.6) is 5.75 Å². The van der Waals surface area contributed by atoms with Crippen molar-refractivity contribution in [3.63, 3.8) is 0 Å². The summed E-state index contributed by atoms with van der Waals surface area (Å²) < 4.78 is 6.06. The minimum atomic E-state index is -0.519. The van der Waals surface area contributed by atoms with Crippen LogP contribution in [0.2, 0.25) is 0 Å². The summed E-state index contributed by atoms with van der Waals surface area (Å²) in [4.78, 5) is 27.3. The second kappa shape index (κ2) is 8.93. The van der Waals surface area contributed by atoms with Gasteiger partial charge in [-0.05, 0) is 61.4 Å². The van der Waals surface area contributed by atoms with Gasteiger partial charge < -0.3 is 9.64 Å². The lowest BCUT2D eigenvalue weighted by atomic mass is 10.1. The van der Waals surface area contributed by atoms with Crippen LogP contribution < -0.4 is 10.1 Å². The molecule has 1 fully saturated rings. The molecular formula is C21H19BrN4O3S. The van der Waals surface area contributed by atoms with Crippen LogP contribution in [0, 0.1) is 0 Å². The number of hydrogen-bond acceptors (Lipinski definition) is 6. The van der Waals surface area contributed by atoms with Gasteiger partial charge in [-0.15, -0.1) is 10.2 Å². The predicted molar refractivity (Wildman–Crippen MR) is 119 cm³/mol. The van der Waals surface area contributed by atoms with Crippen LogP contribution in [0.15, 0.2) is 53.0 Å². The highest BCUT2D eigenvalue weighted by Gasteiger charge is 2.35. The summed E-state index contributed by atoms with van der Waals surface area (Å²) in [5.41, 5.74) is 1.46. The highest BCUT2D eigenvalue weighted by Crippen LogP contribution is 2.29. The van der Waals surface area contributed by atoms with Crippen molar-refractivity contribution in [3.8, 4) is 16.3 Å². The molecule has 154 valence electrons. The Morgan fingerprint density at radius 2 is 1.87 bits per heavy atom. The van der Waals surface area contributed by atoms with E-state index < -0.39 is 6.04 Å². The average molecular weight is 487 g/mol. The maximum atomic E-state index is 12.9. The lowest BCUT2D eigenvalue weighted by Crippen LogP contribution is -2.43. The van der Waals surface area contributed by atoms with E-state index in [2.05, 4.69) is 31.4 Å². The van der Waals surface area contributed by atoms with Crippen LogP contribution in [-0.4, -0.2) is 46.6 Å². The molecule has 1 saturated heterocycles. The van der Waals surface area contributed by atoms with E-state index in [4.69, 9.17) is 4.74 Å². The Hall–Kier alpha value is -2.78. The van der Waals surface area contributed by atoms with Gasteiger partial charge in [-0.2, -0.15) is 0 Å². The quantitative estimate of drug-likeness (QED) is 0.583. The second-order valence-corrected chi connectivity index (χ2v) is 8.69. The first-order valence-corrected chi connectivity index (χ1v) is 11.0. The van der Waals surface area contributed by atoms with Crippen LogP contribution >= 0.6 is 27.3 Å². The van der Waals surface area contributed by atoms with E-state index in [-0.39, 0.29) is 11.8 Å². The molecule has 1 aliphatic heterocycles. The first-order valence-electron chi connectivity index (χ1n) is 9.40. The Morgan fingerprint density at radius 1 is 1.13 bits per heavy atom. The zero-order chi connectivity index (χ0) is 21.1. The summed E-state index contributed by atoms with van der Waals surface area (Å²) in [7, 11) is 1.61. The third-order valence-corrected chi connectivity index (χ3v) is 6.32. The minimum absolute atomic E-state index is 0.142. The smallest absolute Gasteiger partial charge is 0.254 e. The van der Waals surface area contributed by atoms with Crippen LogP contribution in [0.4, 0.5) is 5.13 Å². The molecule has 3 aromatic rings. The fourth-order valence-electron chi connectivity index (χ4n) is 3.35. The number of methoxy groups -OCH3 is 1. The fourth-order valence-corrected chi connectivity index (χ4v) is 4.37. The molecule has 0 saturated carbocycles. The number of nitrogens with zero attached hydrogens (tertiary/aromatic N) is 3. The highest BCUT2D eigenvalue weighted by atomic mass is 79.9. The molecule has 9 heteroatoms. The molecule has 1 N–H and O–H groups in total. The van der Waals surface area contributed by atoms with E-state index in [0.29, 0.717) is 28.7 Å². The number of carbonyl (C=O) groups is 2. The minimum Gasteiger partial charge on any atom is -0.497 e. The third-order valence-electron chi connectivity index (χ3n) is 4.90. The second-order valence-electron chi connectivity index (χ2n) is 6.79. The van der Waals surface area contributed by atoms with Crippen LogP contribution in [-0.2, 0) is 4.79 Å². The summed E-state index contributed by atoms with van der Waals surface area (Å²) in [6.07, 6.45) is 1.41. The number of halogens is 1. The van der Waals surface area contributed by atoms with E-state index in [1.54, 1.807) is 24.1 Å². The van der Waals surface area contributed by atoms with Crippen molar-refractivity contribution in [1.29, 1.82) is 0 Å². The monoisotopic (exact) mass is 486 g/mol. The van der Waals surface area contributed by atoms with Crippen molar-refractivity contribution in [2.45, 2.75) is 18.9 Å². The largest absolute Gasteiger partial charge is 0.497 e. The van der Waals surface area contributed by atoms with Gasteiger partial charge in [-0.25, -0.2) is 0 Å². The SMILES string of the molecule is COc1ccc(-c2nnc(NC(=O)C3CCCN3C(=O)c3ccc(Br)cc3)s2)cc1. The van der Waals surface area contributed by atoms with Gasteiger partial charge in [-0.3, -0.25) is 14.9 Å². The average Bonchev–Trinajstić information content (AvgIpc) is 3.44. The number of amides is 2. The molecule has 0 bridgehead atoms. The Morgan fingerprint density at radius 3 is 2.57 bits per heavy atom. The number of likely N-dealkylation sites (tertiary alicyclic amines) is 1. The lowest BCUT2D eigenvalue weighted by molar-refractivity contribution is -0.119. The predicted octanol–water partition coefficient (Wildman–Crippen LogP) is 4.22. The van der Waals surface area contributed by atoms with E-state index >= 15 is 0 Å². The fraction of sp³-hybridized carbons (Fsp3) is 0.238. The van der Waals surface area contributed by atoms with E-state index in [1.807, 2.05) is 36.4 Å². The van der Waals surface area contributed by atoms with Gasteiger partial charge in [0.2, 0.25) is 11.0 Å². The molecule has 1 atom stereocenters. The Bertz CT molecular complexity index is 1050. The Kier molecular flexibility index (Phi) is 6.10. The zero-order valence-electron chi connectivity index (χ0n) is 16.2. The molecule has 2 heterocycles. The molecule has 2 aromatic carbocycles. The molecule has 0 radical (unpaired) electrons. The number of rotatable bonds is 5. The first kappa shape index (κ1) is 20.5. The van der Waals surface area contributed by atoms with Gasteiger partial charge in [0.15, 0.2) is 0 Å². The summed E-state index contributed by atoms with van der Waals surface area (Å²) in [6.45, 7) is 0.556. The van der Waals surface area contributed by atoms with Crippen molar-refractivity contribution in [1.82, 2.24) is 15.1 Å². The number of anilines is 1. The molecule has 30 heavy (non-hydrogen) atoms.